The van der Waals surface area contributed by atoms with Crippen molar-refractivity contribution in [2.45, 2.75) is 25.5 Å². The number of ether oxygens (including phenoxy) is 1. The lowest BCUT2D eigenvalue weighted by molar-refractivity contribution is 0.0928. The molecule has 2 aliphatic heterocycles. The molecule has 1 amide bonds. The predicted molar refractivity (Wildman–Crippen MR) is 91.6 cm³/mol. The molecular formula is C18H23FN4O2. The molecule has 1 aromatic carbocycles. The Balaban J connectivity index is 1.67. The molecule has 3 rings (SSSR count). The molecule has 7 heteroatoms. The minimum atomic E-state index is -0.529. The molecule has 0 radical (unpaired) electrons. The minimum Gasteiger partial charge on any atom is -0.380 e. The quantitative estimate of drug-likeness (QED) is 0.839. The summed E-state index contributed by atoms with van der Waals surface area (Å²) in [6.45, 7) is 4.59. The number of nitrogens with one attached hydrogen (secondary N) is 1. The normalized spacial score (nSPS) is 25.9. The molecule has 3 atom stereocenters. The largest absolute Gasteiger partial charge is 0.380 e. The Morgan fingerprint density at radius 2 is 2.20 bits per heavy atom. The number of hydrogen-bond donors (Lipinski definition) is 1. The molecule has 0 saturated carbocycles. The fourth-order valence-corrected chi connectivity index (χ4v) is 3.52. The second kappa shape index (κ2) is 7.28. The highest BCUT2D eigenvalue weighted by atomic mass is 19.1. The van der Waals surface area contributed by atoms with Crippen molar-refractivity contribution in [2.24, 2.45) is 5.92 Å². The van der Waals surface area contributed by atoms with Crippen LogP contribution in [0.5, 0.6) is 0 Å². The van der Waals surface area contributed by atoms with Crippen molar-refractivity contribution >= 4 is 11.6 Å². The van der Waals surface area contributed by atoms with Gasteiger partial charge >= 0.3 is 0 Å². The van der Waals surface area contributed by atoms with Gasteiger partial charge in [0.25, 0.3) is 5.91 Å². The molecule has 2 fully saturated rings. The van der Waals surface area contributed by atoms with Gasteiger partial charge in [0, 0.05) is 39.0 Å². The molecule has 0 aliphatic carbocycles. The number of carbonyl (C=O) groups is 1. The Kier molecular flexibility index (Phi) is 5.09. The molecule has 2 aliphatic rings. The molecular weight excluding hydrogens is 323 g/mol. The van der Waals surface area contributed by atoms with Crippen LogP contribution >= 0.6 is 0 Å². The van der Waals surface area contributed by atoms with Crippen LogP contribution in [0.25, 0.3) is 0 Å². The number of methoxy groups -OCH3 is 1. The molecule has 0 bridgehead atoms. The fraction of sp³-hybridized carbons (Fsp3) is 0.556. The van der Waals surface area contributed by atoms with Crippen LogP contribution < -0.4 is 10.2 Å². The van der Waals surface area contributed by atoms with E-state index in [9.17, 15) is 9.18 Å². The predicted octanol–water partition coefficient (Wildman–Crippen LogP) is 1.58. The van der Waals surface area contributed by atoms with Gasteiger partial charge in [0.1, 0.15) is 5.82 Å². The van der Waals surface area contributed by atoms with Gasteiger partial charge in [-0.3, -0.25) is 4.79 Å². The van der Waals surface area contributed by atoms with Crippen LogP contribution in [0.1, 0.15) is 23.7 Å². The second-order valence-corrected chi connectivity index (χ2v) is 6.82. The van der Waals surface area contributed by atoms with E-state index in [1.807, 2.05) is 6.92 Å². The molecule has 3 unspecified atom stereocenters. The number of rotatable bonds is 4. The number of carbonyl (C=O) groups excluding carboxylic acids is 1. The number of likely N-dealkylation sites (tertiary alicyclic amines) is 1. The Labute approximate surface area is 147 Å². The maximum absolute atomic E-state index is 14.5. The van der Waals surface area contributed by atoms with E-state index < -0.39 is 11.7 Å². The van der Waals surface area contributed by atoms with Gasteiger partial charge in [0.2, 0.25) is 0 Å². The molecule has 0 spiro atoms. The molecule has 0 aromatic heterocycles. The summed E-state index contributed by atoms with van der Waals surface area (Å²) in [5, 5.41) is 11.8. The van der Waals surface area contributed by atoms with E-state index in [1.54, 1.807) is 18.1 Å². The Morgan fingerprint density at radius 3 is 2.80 bits per heavy atom. The summed E-state index contributed by atoms with van der Waals surface area (Å²) < 4.78 is 19.8. The van der Waals surface area contributed by atoms with Crippen molar-refractivity contribution in [3.63, 3.8) is 0 Å². The summed E-state index contributed by atoms with van der Waals surface area (Å²) in [7, 11) is 1.68. The van der Waals surface area contributed by atoms with Crippen LogP contribution in [0.4, 0.5) is 10.1 Å². The Hall–Kier alpha value is -2.33. The van der Waals surface area contributed by atoms with Gasteiger partial charge in [0.05, 0.1) is 17.7 Å². The van der Waals surface area contributed by atoms with Gasteiger partial charge in [-0.25, -0.2) is 4.39 Å². The molecule has 2 heterocycles. The van der Waals surface area contributed by atoms with Gasteiger partial charge < -0.3 is 19.9 Å². The zero-order valence-corrected chi connectivity index (χ0v) is 14.5. The molecule has 134 valence electrons. The van der Waals surface area contributed by atoms with Crippen LogP contribution in [0.3, 0.4) is 0 Å². The van der Waals surface area contributed by atoms with Crippen molar-refractivity contribution in [2.75, 3.05) is 38.2 Å². The van der Waals surface area contributed by atoms with Crippen LogP contribution in [0.15, 0.2) is 18.2 Å². The van der Waals surface area contributed by atoms with E-state index in [2.05, 4.69) is 16.4 Å². The summed E-state index contributed by atoms with van der Waals surface area (Å²) in [6.07, 6.45) is 3.16. The average molecular weight is 346 g/mol. The Morgan fingerprint density at radius 1 is 1.40 bits per heavy atom. The van der Waals surface area contributed by atoms with Crippen LogP contribution in [-0.4, -0.2) is 56.2 Å². The van der Waals surface area contributed by atoms with Gasteiger partial charge in [-0.15, -0.1) is 0 Å². The lowest BCUT2D eigenvalue weighted by atomic mass is 10.1. The maximum Gasteiger partial charge on any atom is 0.254 e. The first-order valence-corrected chi connectivity index (χ1v) is 8.54. The van der Waals surface area contributed by atoms with Crippen molar-refractivity contribution in [3.05, 3.63) is 29.6 Å². The molecule has 2 saturated heterocycles. The van der Waals surface area contributed by atoms with E-state index >= 15 is 0 Å². The number of nitriles is 1. The van der Waals surface area contributed by atoms with Gasteiger partial charge in [-0.1, -0.05) is 6.92 Å². The third-order valence-corrected chi connectivity index (χ3v) is 5.11. The third kappa shape index (κ3) is 3.69. The second-order valence-electron chi connectivity index (χ2n) is 6.82. The van der Waals surface area contributed by atoms with E-state index in [0.717, 1.165) is 25.2 Å². The lowest BCUT2D eigenvalue weighted by Crippen LogP contribution is -2.40. The van der Waals surface area contributed by atoms with Crippen molar-refractivity contribution in [3.8, 4) is 6.19 Å². The summed E-state index contributed by atoms with van der Waals surface area (Å²) >= 11 is 0. The smallest absolute Gasteiger partial charge is 0.254 e. The SMILES string of the molecule is COC1CCN(c2ccc(C(=O)NC3CN(C#N)CC3C)c(F)c2)C1. The Bertz CT molecular complexity index is 690. The number of nitrogens with zero attached hydrogens (tertiary/aromatic N) is 3. The van der Waals surface area contributed by atoms with Crippen LogP contribution in [0.2, 0.25) is 0 Å². The number of halogens is 1. The lowest BCUT2D eigenvalue weighted by Gasteiger charge is -2.20. The monoisotopic (exact) mass is 346 g/mol. The van der Waals surface area contributed by atoms with E-state index in [-0.39, 0.29) is 23.6 Å². The summed E-state index contributed by atoms with van der Waals surface area (Å²) in [4.78, 5) is 16.1. The highest BCUT2D eigenvalue weighted by Gasteiger charge is 2.31. The number of anilines is 1. The first-order chi connectivity index (χ1) is 12.0. The zero-order valence-electron chi connectivity index (χ0n) is 14.5. The first-order valence-electron chi connectivity index (χ1n) is 8.54. The van der Waals surface area contributed by atoms with E-state index in [4.69, 9.17) is 10.00 Å². The van der Waals surface area contributed by atoms with Crippen LogP contribution in [0, 0.1) is 23.2 Å². The summed E-state index contributed by atoms with van der Waals surface area (Å²) in [5.41, 5.74) is 0.798. The molecule has 1 aromatic rings. The van der Waals surface area contributed by atoms with E-state index in [1.165, 1.54) is 12.1 Å². The maximum atomic E-state index is 14.5. The molecule has 25 heavy (non-hydrogen) atoms. The third-order valence-electron chi connectivity index (χ3n) is 5.11. The number of hydrogen-bond acceptors (Lipinski definition) is 5. The number of benzene rings is 1. The molecule has 1 N–H and O–H groups in total. The van der Waals surface area contributed by atoms with Crippen molar-refractivity contribution in [1.29, 1.82) is 5.26 Å². The van der Waals surface area contributed by atoms with Gasteiger partial charge in [-0.05, 0) is 30.5 Å². The fourth-order valence-electron chi connectivity index (χ4n) is 3.52. The molecule has 6 nitrogen and oxygen atoms in total. The topological polar surface area (TPSA) is 68.6 Å². The van der Waals surface area contributed by atoms with Crippen LogP contribution in [-0.2, 0) is 4.74 Å². The average Bonchev–Trinajstić information content (AvgIpc) is 3.21. The van der Waals surface area contributed by atoms with Crippen molar-refractivity contribution < 1.29 is 13.9 Å². The summed E-state index contributed by atoms with van der Waals surface area (Å²) in [6, 6.07) is 4.57. The number of amides is 1. The van der Waals surface area contributed by atoms with Crippen molar-refractivity contribution in [1.82, 2.24) is 10.2 Å². The standard InChI is InChI=1S/C18H23FN4O2/c1-12-8-22(11-20)10-17(12)21-18(24)15-4-3-13(7-16(15)19)23-6-5-14(9-23)25-2/h3-4,7,12,14,17H,5-6,8-10H2,1-2H3,(H,21,24). The van der Waals surface area contributed by atoms with E-state index in [0.29, 0.717) is 13.1 Å². The van der Waals surface area contributed by atoms with Gasteiger partial charge in [0.15, 0.2) is 6.19 Å². The van der Waals surface area contributed by atoms with Gasteiger partial charge in [-0.2, -0.15) is 5.26 Å². The summed E-state index contributed by atoms with van der Waals surface area (Å²) in [5.74, 6) is -0.808. The highest BCUT2D eigenvalue weighted by molar-refractivity contribution is 5.95. The minimum absolute atomic E-state index is 0.0360. The first kappa shape index (κ1) is 17.5. The zero-order chi connectivity index (χ0) is 18.0. The highest BCUT2D eigenvalue weighted by Crippen LogP contribution is 2.24.